The maximum absolute atomic E-state index is 12.2. The second-order valence-electron chi connectivity index (χ2n) is 4.01. The molecule has 7 heteroatoms. The number of nitro groups is 1. The highest BCUT2D eigenvalue weighted by Gasteiger charge is 2.27. The molecule has 20 heavy (non-hydrogen) atoms. The van der Waals surface area contributed by atoms with Crippen molar-refractivity contribution in [3.63, 3.8) is 0 Å². The third-order valence-electron chi connectivity index (χ3n) is 2.70. The molecule has 0 unspecified atom stereocenters. The van der Waals surface area contributed by atoms with Crippen LogP contribution >= 0.6 is 27.3 Å². The quantitative estimate of drug-likeness (QED) is 0.465. The number of hydrogen-bond donors (Lipinski definition) is 0. The Morgan fingerprint density at radius 3 is 2.80 bits per heavy atom. The summed E-state index contributed by atoms with van der Waals surface area (Å²) in [6.07, 6.45) is 1.52. The fraction of sp³-hybridized carbons (Fsp3) is 0. The zero-order valence-corrected chi connectivity index (χ0v) is 12.2. The van der Waals surface area contributed by atoms with Gasteiger partial charge in [-0.1, -0.05) is 27.3 Å². The summed E-state index contributed by atoms with van der Waals surface area (Å²) in [6.45, 7) is 0. The number of ketones is 1. The molecule has 1 aliphatic rings. The molecular weight excluding hydrogens is 346 g/mol. The van der Waals surface area contributed by atoms with Gasteiger partial charge in [-0.15, -0.1) is 0 Å². The zero-order valence-electron chi connectivity index (χ0n) is 9.83. The van der Waals surface area contributed by atoms with Crippen molar-refractivity contribution in [3.05, 3.63) is 61.1 Å². The first-order chi connectivity index (χ1) is 9.54. The molecule has 3 rings (SSSR count). The number of Topliss-reactive ketones (excluding diaryl/α,β-unsaturated/α-hetero) is 1. The van der Waals surface area contributed by atoms with Gasteiger partial charge in [0.2, 0.25) is 5.78 Å². The predicted molar refractivity (Wildman–Crippen MR) is 78.1 cm³/mol. The van der Waals surface area contributed by atoms with Gasteiger partial charge in [0.15, 0.2) is 5.76 Å². The van der Waals surface area contributed by atoms with Crippen LogP contribution in [0.4, 0.5) is 5.00 Å². The van der Waals surface area contributed by atoms with Gasteiger partial charge in [-0.25, -0.2) is 0 Å². The lowest BCUT2D eigenvalue weighted by Crippen LogP contribution is -1.97. The number of allylic oxidation sites excluding steroid dienone is 1. The molecule has 0 aliphatic carbocycles. The van der Waals surface area contributed by atoms with Gasteiger partial charge in [0, 0.05) is 21.5 Å². The molecule has 2 aromatic rings. The van der Waals surface area contributed by atoms with E-state index in [1.165, 1.54) is 12.1 Å². The fourth-order valence-corrected chi connectivity index (χ4v) is 2.92. The van der Waals surface area contributed by atoms with Crippen molar-refractivity contribution in [2.45, 2.75) is 0 Å². The van der Waals surface area contributed by atoms with E-state index in [-0.39, 0.29) is 16.5 Å². The van der Waals surface area contributed by atoms with Crippen LogP contribution < -0.4 is 4.74 Å². The van der Waals surface area contributed by atoms with Gasteiger partial charge in [0.25, 0.3) is 0 Å². The number of thiophene rings is 1. The molecule has 0 saturated heterocycles. The number of ether oxygens (including phenoxy) is 1. The molecule has 1 aliphatic heterocycles. The second-order valence-corrected chi connectivity index (χ2v) is 6.02. The Morgan fingerprint density at radius 2 is 2.10 bits per heavy atom. The third kappa shape index (κ3) is 2.25. The smallest absolute Gasteiger partial charge is 0.324 e. The minimum absolute atomic E-state index is 0.0301. The molecule has 0 N–H and O–H groups in total. The van der Waals surface area contributed by atoms with Crippen molar-refractivity contribution in [1.29, 1.82) is 0 Å². The highest BCUT2D eigenvalue weighted by atomic mass is 79.9. The molecule has 5 nitrogen and oxygen atoms in total. The SMILES string of the molecule is O=C1/C(=C/c2ccc([N+](=O)[O-])s2)Oc2ccc(Br)cc21. The summed E-state index contributed by atoms with van der Waals surface area (Å²) in [5.74, 6) is 0.447. The minimum Gasteiger partial charge on any atom is -0.452 e. The van der Waals surface area contributed by atoms with Crippen molar-refractivity contribution in [3.8, 4) is 5.75 Å². The van der Waals surface area contributed by atoms with E-state index in [2.05, 4.69) is 15.9 Å². The summed E-state index contributed by atoms with van der Waals surface area (Å²) in [7, 11) is 0. The second kappa shape index (κ2) is 4.84. The first-order valence-electron chi connectivity index (χ1n) is 5.52. The average Bonchev–Trinajstić information content (AvgIpc) is 2.98. The van der Waals surface area contributed by atoms with Crippen molar-refractivity contribution in [1.82, 2.24) is 0 Å². The summed E-state index contributed by atoms with van der Waals surface area (Å²) in [5, 5.41) is 10.7. The third-order valence-corrected chi connectivity index (χ3v) is 4.17. The summed E-state index contributed by atoms with van der Waals surface area (Å²) < 4.78 is 6.27. The lowest BCUT2D eigenvalue weighted by molar-refractivity contribution is -0.380. The van der Waals surface area contributed by atoms with Crippen LogP contribution in [0.2, 0.25) is 0 Å². The standard InChI is InChI=1S/C13H6BrNO4S/c14-7-1-3-10-9(5-7)13(16)11(19-10)6-8-2-4-12(20-8)15(17)18/h1-6H/b11-6-. The highest BCUT2D eigenvalue weighted by molar-refractivity contribution is 9.10. The van der Waals surface area contributed by atoms with E-state index < -0.39 is 4.92 Å². The molecule has 0 bridgehead atoms. The molecule has 0 atom stereocenters. The molecule has 0 saturated carbocycles. The summed E-state index contributed by atoms with van der Waals surface area (Å²) in [5.41, 5.74) is 0.483. The first kappa shape index (κ1) is 13.0. The number of halogens is 1. The topological polar surface area (TPSA) is 69.4 Å². The lowest BCUT2D eigenvalue weighted by Gasteiger charge is -1.96. The number of carbonyl (C=O) groups excluding carboxylic acids is 1. The Morgan fingerprint density at radius 1 is 1.30 bits per heavy atom. The molecule has 2 heterocycles. The van der Waals surface area contributed by atoms with E-state index >= 15 is 0 Å². The zero-order chi connectivity index (χ0) is 14.3. The van der Waals surface area contributed by atoms with Gasteiger partial charge < -0.3 is 4.74 Å². The first-order valence-corrected chi connectivity index (χ1v) is 7.13. The van der Waals surface area contributed by atoms with E-state index in [0.29, 0.717) is 16.2 Å². The Labute approximate surface area is 125 Å². The van der Waals surface area contributed by atoms with Crippen molar-refractivity contribution in [2.75, 3.05) is 0 Å². The van der Waals surface area contributed by atoms with Gasteiger partial charge in [0.1, 0.15) is 5.75 Å². The Hall–Kier alpha value is -1.99. The van der Waals surface area contributed by atoms with Crippen LogP contribution in [0.5, 0.6) is 5.75 Å². The van der Waals surface area contributed by atoms with Crippen LogP contribution in [0, 0.1) is 10.1 Å². The van der Waals surface area contributed by atoms with E-state index in [0.717, 1.165) is 15.8 Å². The van der Waals surface area contributed by atoms with Gasteiger partial charge in [0.05, 0.1) is 10.5 Å². The van der Waals surface area contributed by atoms with Crippen LogP contribution in [-0.2, 0) is 0 Å². The van der Waals surface area contributed by atoms with Gasteiger partial charge >= 0.3 is 5.00 Å². The highest BCUT2D eigenvalue weighted by Crippen LogP contribution is 2.35. The predicted octanol–water partition coefficient (Wildman–Crippen LogP) is 4.04. The number of carbonyl (C=O) groups is 1. The Balaban J connectivity index is 1.94. The summed E-state index contributed by atoms with van der Waals surface area (Å²) >= 11 is 4.29. The maximum Gasteiger partial charge on any atom is 0.324 e. The molecule has 0 radical (unpaired) electrons. The van der Waals surface area contributed by atoms with Crippen molar-refractivity contribution in [2.24, 2.45) is 0 Å². The number of nitrogens with zero attached hydrogens (tertiary/aromatic N) is 1. The average molecular weight is 352 g/mol. The largest absolute Gasteiger partial charge is 0.452 e. The number of rotatable bonds is 2. The van der Waals surface area contributed by atoms with Crippen LogP contribution in [0.25, 0.3) is 6.08 Å². The fourth-order valence-electron chi connectivity index (χ4n) is 1.81. The van der Waals surface area contributed by atoms with E-state index in [1.807, 2.05) is 0 Å². The molecule has 1 aromatic carbocycles. The molecular formula is C13H6BrNO4S. The van der Waals surface area contributed by atoms with Gasteiger partial charge in [-0.2, -0.15) is 0 Å². The maximum atomic E-state index is 12.2. The van der Waals surface area contributed by atoms with Crippen LogP contribution in [0.15, 0.2) is 40.6 Å². The van der Waals surface area contributed by atoms with Gasteiger partial charge in [-0.05, 0) is 24.3 Å². The monoisotopic (exact) mass is 351 g/mol. The van der Waals surface area contributed by atoms with Crippen molar-refractivity contribution >= 4 is 44.1 Å². The molecule has 100 valence electrons. The van der Waals surface area contributed by atoms with Crippen LogP contribution in [0.3, 0.4) is 0 Å². The molecule has 0 amide bonds. The molecule has 0 spiro atoms. The van der Waals surface area contributed by atoms with E-state index in [4.69, 9.17) is 4.74 Å². The minimum atomic E-state index is -0.462. The lowest BCUT2D eigenvalue weighted by atomic mass is 10.1. The van der Waals surface area contributed by atoms with Crippen LogP contribution in [-0.4, -0.2) is 10.7 Å². The summed E-state index contributed by atoms with van der Waals surface area (Å²) in [4.78, 5) is 22.9. The van der Waals surface area contributed by atoms with Crippen LogP contribution in [0.1, 0.15) is 15.2 Å². The summed E-state index contributed by atoms with van der Waals surface area (Å²) in [6, 6.07) is 8.17. The normalized spacial score (nSPS) is 15.2. The number of fused-ring (bicyclic) bond motifs is 1. The Kier molecular flexibility index (Phi) is 3.15. The molecule has 0 fully saturated rings. The Bertz CT molecular complexity index is 765. The number of benzene rings is 1. The van der Waals surface area contributed by atoms with Crippen molar-refractivity contribution < 1.29 is 14.5 Å². The van der Waals surface area contributed by atoms with E-state index in [9.17, 15) is 14.9 Å². The number of hydrogen-bond acceptors (Lipinski definition) is 5. The van der Waals surface area contributed by atoms with E-state index in [1.54, 1.807) is 24.3 Å². The molecule has 1 aromatic heterocycles. The van der Waals surface area contributed by atoms with Gasteiger partial charge in [-0.3, -0.25) is 14.9 Å².